The molecule has 0 amide bonds. The average Bonchev–Trinajstić information content (AvgIpc) is 2.28. The van der Waals surface area contributed by atoms with E-state index in [2.05, 4.69) is 13.8 Å². The van der Waals surface area contributed by atoms with Crippen LogP contribution in [0, 0.1) is 5.92 Å². The Kier molecular flexibility index (Phi) is 11.6. The molecule has 102 valence electrons. The normalized spacial score (nSPS) is 15.1. The molecule has 0 aliphatic heterocycles. The van der Waals surface area contributed by atoms with Crippen LogP contribution >= 0.6 is 0 Å². The molecular weight excluding hydrogens is 212 g/mol. The van der Waals surface area contributed by atoms with Crippen molar-refractivity contribution in [2.75, 3.05) is 6.61 Å². The number of aliphatic hydroxyl groups is 1. The standard InChI is InChI=1S/C15H30O2/c1-4-5-6-9-14(2)10-7-8-12-17-13-11-15(3)16/h11,13-16H,4-10,12H2,1-3H3. The lowest BCUT2D eigenvalue weighted by Crippen LogP contribution is -1.97. The Morgan fingerprint density at radius 1 is 1.06 bits per heavy atom. The summed E-state index contributed by atoms with van der Waals surface area (Å²) in [5, 5.41) is 8.96. The maximum atomic E-state index is 8.96. The van der Waals surface area contributed by atoms with Crippen LogP contribution in [0.4, 0.5) is 0 Å². The molecule has 2 heteroatoms. The van der Waals surface area contributed by atoms with Gasteiger partial charge in [-0.25, -0.2) is 0 Å². The van der Waals surface area contributed by atoms with Crippen LogP contribution in [-0.4, -0.2) is 17.8 Å². The fraction of sp³-hybridized carbons (Fsp3) is 0.867. The third-order valence-electron chi connectivity index (χ3n) is 2.96. The summed E-state index contributed by atoms with van der Waals surface area (Å²) in [6.07, 6.45) is 12.0. The molecule has 2 nitrogen and oxygen atoms in total. The first-order valence-corrected chi connectivity index (χ1v) is 7.13. The fourth-order valence-electron chi connectivity index (χ4n) is 1.80. The van der Waals surface area contributed by atoms with E-state index in [1.54, 1.807) is 19.3 Å². The van der Waals surface area contributed by atoms with Crippen LogP contribution in [0.5, 0.6) is 0 Å². The van der Waals surface area contributed by atoms with E-state index in [0.717, 1.165) is 18.9 Å². The minimum absolute atomic E-state index is 0.409. The molecule has 0 aliphatic rings. The van der Waals surface area contributed by atoms with Gasteiger partial charge in [0.1, 0.15) is 0 Å². The number of hydrogen-bond donors (Lipinski definition) is 1. The molecule has 0 spiro atoms. The van der Waals surface area contributed by atoms with E-state index >= 15 is 0 Å². The second kappa shape index (κ2) is 12.0. The third kappa shape index (κ3) is 13.4. The van der Waals surface area contributed by atoms with Crippen molar-refractivity contribution >= 4 is 0 Å². The van der Waals surface area contributed by atoms with Crippen molar-refractivity contribution in [3.8, 4) is 0 Å². The van der Waals surface area contributed by atoms with Crippen molar-refractivity contribution < 1.29 is 9.84 Å². The summed E-state index contributed by atoms with van der Waals surface area (Å²) >= 11 is 0. The highest BCUT2D eigenvalue weighted by atomic mass is 16.5. The van der Waals surface area contributed by atoms with Crippen molar-refractivity contribution in [1.29, 1.82) is 0 Å². The highest BCUT2D eigenvalue weighted by molar-refractivity contribution is 4.79. The first kappa shape index (κ1) is 16.5. The zero-order valence-electron chi connectivity index (χ0n) is 11.8. The largest absolute Gasteiger partial charge is 0.501 e. The second-order valence-corrected chi connectivity index (χ2v) is 5.04. The Morgan fingerprint density at radius 2 is 1.71 bits per heavy atom. The molecule has 0 radical (unpaired) electrons. The van der Waals surface area contributed by atoms with Crippen LogP contribution in [0.2, 0.25) is 0 Å². The van der Waals surface area contributed by atoms with E-state index in [-0.39, 0.29) is 0 Å². The molecule has 0 bridgehead atoms. The molecule has 1 N–H and O–H groups in total. The van der Waals surface area contributed by atoms with Gasteiger partial charge < -0.3 is 9.84 Å². The molecule has 0 saturated heterocycles. The summed E-state index contributed by atoms with van der Waals surface area (Å²) in [5.41, 5.74) is 0. The van der Waals surface area contributed by atoms with E-state index in [1.165, 1.54) is 38.5 Å². The first-order chi connectivity index (χ1) is 8.16. The molecule has 0 rings (SSSR count). The molecule has 0 aliphatic carbocycles. The summed E-state index contributed by atoms with van der Waals surface area (Å²) in [7, 11) is 0. The lowest BCUT2D eigenvalue weighted by Gasteiger charge is -2.10. The van der Waals surface area contributed by atoms with Crippen LogP contribution in [0.25, 0.3) is 0 Å². The first-order valence-electron chi connectivity index (χ1n) is 7.13. The Balaban J connectivity index is 3.21. The molecule has 17 heavy (non-hydrogen) atoms. The second-order valence-electron chi connectivity index (χ2n) is 5.04. The quantitative estimate of drug-likeness (QED) is 0.433. The minimum atomic E-state index is -0.409. The molecule has 2 atom stereocenters. The van der Waals surface area contributed by atoms with E-state index in [1.807, 2.05) is 0 Å². The molecule has 0 aromatic carbocycles. The summed E-state index contributed by atoms with van der Waals surface area (Å²) in [6.45, 7) is 7.09. The Labute approximate surface area is 107 Å². The van der Waals surface area contributed by atoms with E-state index in [0.29, 0.717) is 0 Å². The van der Waals surface area contributed by atoms with Gasteiger partial charge in [-0.15, -0.1) is 0 Å². The third-order valence-corrected chi connectivity index (χ3v) is 2.96. The van der Waals surface area contributed by atoms with Gasteiger partial charge >= 0.3 is 0 Å². The highest BCUT2D eigenvalue weighted by Gasteiger charge is 2.01. The van der Waals surface area contributed by atoms with Gasteiger partial charge in [-0.1, -0.05) is 46.0 Å². The van der Waals surface area contributed by atoms with Crippen LogP contribution in [-0.2, 0) is 4.74 Å². The molecule has 2 unspecified atom stereocenters. The van der Waals surface area contributed by atoms with Gasteiger partial charge in [-0.2, -0.15) is 0 Å². The number of hydrogen-bond acceptors (Lipinski definition) is 2. The van der Waals surface area contributed by atoms with Gasteiger partial charge in [-0.05, 0) is 31.8 Å². The molecular formula is C15H30O2. The van der Waals surface area contributed by atoms with E-state index in [4.69, 9.17) is 9.84 Å². The van der Waals surface area contributed by atoms with Crippen molar-refractivity contribution in [1.82, 2.24) is 0 Å². The van der Waals surface area contributed by atoms with Gasteiger partial charge in [0.2, 0.25) is 0 Å². The van der Waals surface area contributed by atoms with Gasteiger partial charge in [0.15, 0.2) is 0 Å². The van der Waals surface area contributed by atoms with Crippen LogP contribution in [0.3, 0.4) is 0 Å². The number of rotatable bonds is 11. The van der Waals surface area contributed by atoms with Crippen LogP contribution < -0.4 is 0 Å². The Hall–Kier alpha value is -0.500. The Bertz CT molecular complexity index is 176. The highest BCUT2D eigenvalue weighted by Crippen LogP contribution is 2.15. The smallest absolute Gasteiger partial charge is 0.0873 e. The summed E-state index contributed by atoms with van der Waals surface area (Å²) < 4.78 is 5.28. The maximum absolute atomic E-state index is 8.96. The zero-order chi connectivity index (χ0) is 12.9. The molecule has 0 saturated carbocycles. The predicted octanol–water partition coefficient (Wildman–Crippen LogP) is 4.28. The number of ether oxygens (including phenoxy) is 1. The lowest BCUT2D eigenvalue weighted by atomic mass is 9.97. The Morgan fingerprint density at radius 3 is 2.29 bits per heavy atom. The summed E-state index contributed by atoms with van der Waals surface area (Å²) in [4.78, 5) is 0. The topological polar surface area (TPSA) is 29.5 Å². The summed E-state index contributed by atoms with van der Waals surface area (Å²) in [5.74, 6) is 0.856. The van der Waals surface area contributed by atoms with Crippen LogP contribution in [0.1, 0.15) is 65.7 Å². The van der Waals surface area contributed by atoms with Gasteiger partial charge in [-0.3, -0.25) is 0 Å². The minimum Gasteiger partial charge on any atom is -0.501 e. The van der Waals surface area contributed by atoms with E-state index in [9.17, 15) is 0 Å². The molecule has 0 aromatic rings. The van der Waals surface area contributed by atoms with Gasteiger partial charge in [0.25, 0.3) is 0 Å². The van der Waals surface area contributed by atoms with Gasteiger partial charge in [0.05, 0.1) is 19.0 Å². The van der Waals surface area contributed by atoms with Crippen molar-refractivity contribution in [3.05, 3.63) is 12.3 Å². The average molecular weight is 242 g/mol. The number of aliphatic hydroxyl groups excluding tert-OH is 1. The van der Waals surface area contributed by atoms with Crippen molar-refractivity contribution in [2.24, 2.45) is 5.92 Å². The SMILES string of the molecule is CCCCCC(C)CCCCOC=CC(C)O. The fourth-order valence-corrected chi connectivity index (χ4v) is 1.80. The zero-order valence-corrected chi connectivity index (χ0v) is 11.8. The molecule has 0 fully saturated rings. The van der Waals surface area contributed by atoms with E-state index < -0.39 is 6.10 Å². The maximum Gasteiger partial charge on any atom is 0.0873 e. The van der Waals surface area contributed by atoms with Crippen LogP contribution in [0.15, 0.2) is 12.3 Å². The van der Waals surface area contributed by atoms with Gasteiger partial charge in [0, 0.05) is 0 Å². The lowest BCUT2D eigenvalue weighted by molar-refractivity contribution is 0.215. The number of unbranched alkanes of at least 4 members (excludes halogenated alkanes) is 3. The van der Waals surface area contributed by atoms with Crippen molar-refractivity contribution in [2.45, 2.75) is 71.8 Å². The molecule has 0 aromatic heterocycles. The molecule has 0 heterocycles. The predicted molar refractivity (Wildman–Crippen MR) is 73.9 cm³/mol. The van der Waals surface area contributed by atoms with Crippen molar-refractivity contribution in [3.63, 3.8) is 0 Å². The summed E-state index contributed by atoms with van der Waals surface area (Å²) in [6, 6.07) is 0. The monoisotopic (exact) mass is 242 g/mol.